The van der Waals surface area contributed by atoms with E-state index in [0.717, 1.165) is 43.5 Å². The molecule has 0 amide bonds. The molecule has 0 spiro atoms. The van der Waals surface area contributed by atoms with Crippen molar-refractivity contribution < 1.29 is 4.42 Å². The van der Waals surface area contributed by atoms with Crippen molar-refractivity contribution in [1.82, 2.24) is 15.0 Å². The lowest BCUT2D eigenvalue weighted by Gasteiger charge is -2.09. The van der Waals surface area contributed by atoms with Gasteiger partial charge in [-0.3, -0.25) is 10.4 Å². The molecular weight excluding hydrogens is 707 g/mol. The molecule has 266 valence electrons. The van der Waals surface area contributed by atoms with Crippen molar-refractivity contribution in [2.45, 2.75) is 0 Å². The summed E-state index contributed by atoms with van der Waals surface area (Å²) in [6, 6.07) is 49.1. The van der Waals surface area contributed by atoms with Crippen molar-refractivity contribution in [2.24, 2.45) is 4.99 Å². The molecule has 0 aliphatic carbocycles. The molecule has 0 fully saturated rings. The summed E-state index contributed by atoms with van der Waals surface area (Å²) in [5.74, 6) is 2.31. The fraction of sp³-hybridized carbons (Fsp3) is 0. The first-order valence-electron chi connectivity index (χ1n) is 18.1. The molecule has 6 nitrogen and oxygen atoms in total. The molecule has 1 N–H and O–H groups in total. The fourth-order valence-corrected chi connectivity index (χ4v) is 7.98. The van der Waals surface area contributed by atoms with Crippen LogP contribution in [0.1, 0.15) is 11.3 Å². The second-order valence-electron chi connectivity index (χ2n) is 13.2. The van der Waals surface area contributed by atoms with E-state index < -0.39 is 0 Å². The van der Waals surface area contributed by atoms with Gasteiger partial charge in [-0.2, -0.15) is 0 Å². The lowest BCUT2D eigenvalue weighted by Crippen LogP contribution is -2.00. The van der Waals surface area contributed by atoms with Gasteiger partial charge < -0.3 is 4.42 Å². The Hall–Kier alpha value is -7.35. The van der Waals surface area contributed by atoms with Gasteiger partial charge in [-0.1, -0.05) is 153 Å². The molecule has 0 bridgehead atoms. The number of hydrogen-bond acceptors (Lipinski definition) is 7. The molecule has 56 heavy (non-hydrogen) atoms. The summed E-state index contributed by atoms with van der Waals surface area (Å²) in [7, 11) is 0. The van der Waals surface area contributed by atoms with Gasteiger partial charge in [0.25, 0.3) is 0 Å². The van der Waals surface area contributed by atoms with Gasteiger partial charge in [0.2, 0.25) is 0 Å². The SMILES string of the molecule is C=C/C=C\C(=C)C(=N)c1oc2ccccc2c1N=Cc1ccc(-c2ccc3c(c2)sc2c(-c4nc(-c5ccccc5)nc(-c5ccccc5)n4)cccc23)cc1. The van der Waals surface area contributed by atoms with Gasteiger partial charge in [0, 0.05) is 48.5 Å². The highest BCUT2D eigenvalue weighted by Crippen LogP contribution is 2.41. The lowest BCUT2D eigenvalue weighted by molar-refractivity contribution is 0.605. The first kappa shape index (κ1) is 34.4. The number of aromatic nitrogens is 3. The highest BCUT2D eigenvalue weighted by Gasteiger charge is 2.19. The van der Waals surface area contributed by atoms with Gasteiger partial charge in [-0.05, 0) is 46.5 Å². The van der Waals surface area contributed by atoms with Crippen LogP contribution in [0, 0.1) is 5.41 Å². The third-order valence-electron chi connectivity index (χ3n) is 9.58. The van der Waals surface area contributed by atoms with E-state index in [0.29, 0.717) is 40.1 Å². The molecule has 0 aliphatic heterocycles. The number of hydrogen-bond donors (Lipinski definition) is 1. The van der Waals surface area contributed by atoms with Gasteiger partial charge in [0.15, 0.2) is 23.2 Å². The van der Waals surface area contributed by atoms with Crippen LogP contribution in [-0.4, -0.2) is 26.9 Å². The average Bonchev–Trinajstić information content (AvgIpc) is 3.83. The molecule has 0 atom stereocenters. The van der Waals surface area contributed by atoms with Crippen LogP contribution in [0.3, 0.4) is 0 Å². The van der Waals surface area contributed by atoms with Crippen LogP contribution in [-0.2, 0) is 0 Å². The topological polar surface area (TPSA) is 88.0 Å². The Kier molecular flexibility index (Phi) is 9.11. The molecule has 0 saturated heterocycles. The summed E-state index contributed by atoms with van der Waals surface area (Å²) in [4.78, 5) is 19.8. The molecule has 0 saturated carbocycles. The Bertz CT molecular complexity index is 2950. The van der Waals surface area contributed by atoms with E-state index >= 15 is 0 Å². The third-order valence-corrected chi connectivity index (χ3v) is 10.8. The number of thiophene rings is 1. The van der Waals surface area contributed by atoms with E-state index in [9.17, 15) is 0 Å². The van der Waals surface area contributed by atoms with Crippen molar-refractivity contribution in [1.29, 1.82) is 5.41 Å². The number of benzene rings is 6. The minimum absolute atomic E-state index is 0.174. The Morgan fingerprint density at radius 2 is 1.29 bits per heavy atom. The summed E-state index contributed by atoms with van der Waals surface area (Å²) in [6.45, 7) is 7.75. The number of aliphatic imine (C=N–C) groups is 1. The number of nitrogens with zero attached hydrogens (tertiary/aromatic N) is 4. The van der Waals surface area contributed by atoms with E-state index in [-0.39, 0.29) is 5.71 Å². The van der Waals surface area contributed by atoms with Crippen LogP contribution in [0.25, 0.3) is 76.4 Å². The van der Waals surface area contributed by atoms with Gasteiger partial charge in [0.05, 0.1) is 0 Å². The minimum atomic E-state index is 0.174. The predicted octanol–water partition coefficient (Wildman–Crippen LogP) is 13.1. The van der Waals surface area contributed by atoms with Gasteiger partial charge in [-0.25, -0.2) is 15.0 Å². The van der Waals surface area contributed by atoms with Crippen LogP contribution < -0.4 is 0 Å². The Labute approximate surface area is 327 Å². The number of rotatable bonds is 10. The zero-order valence-corrected chi connectivity index (χ0v) is 31.0. The summed E-state index contributed by atoms with van der Waals surface area (Å²) in [5.41, 5.74) is 7.96. The third kappa shape index (κ3) is 6.57. The fourth-order valence-electron chi connectivity index (χ4n) is 6.73. The second kappa shape index (κ2) is 14.8. The van der Waals surface area contributed by atoms with Crippen LogP contribution >= 0.6 is 11.3 Å². The van der Waals surface area contributed by atoms with Gasteiger partial charge in [-0.15, -0.1) is 11.3 Å². The maximum Gasteiger partial charge on any atom is 0.179 e. The summed E-state index contributed by atoms with van der Waals surface area (Å²) >= 11 is 1.75. The Balaban J connectivity index is 1.05. The van der Waals surface area contributed by atoms with Crippen LogP contribution in [0.4, 0.5) is 5.69 Å². The molecule has 3 heterocycles. The number of allylic oxidation sites excluding steroid dienone is 4. The van der Waals surface area contributed by atoms with Crippen molar-refractivity contribution in [2.75, 3.05) is 0 Å². The lowest BCUT2D eigenvalue weighted by atomic mass is 10.0. The number of nitrogens with one attached hydrogen (secondary N) is 1. The van der Waals surface area contributed by atoms with Crippen LogP contribution in [0.15, 0.2) is 192 Å². The monoisotopic (exact) mass is 739 g/mol. The van der Waals surface area contributed by atoms with Crippen molar-refractivity contribution in [3.8, 4) is 45.3 Å². The van der Waals surface area contributed by atoms with E-state index in [1.54, 1.807) is 29.6 Å². The first-order chi connectivity index (χ1) is 27.5. The molecule has 9 aromatic rings. The number of para-hydroxylation sites is 1. The number of furan rings is 1. The maximum atomic E-state index is 8.76. The zero-order valence-electron chi connectivity index (χ0n) is 30.2. The predicted molar refractivity (Wildman–Crippen MR) is 233 cm³/mol. The molecule has 0 unspecified atom stereocenters. The molecule has 0 radical (unpaired) electrons. The summed E-state index contributed by atoms with van der Waals surface area (Å²) in [5, 5.41) is 12.0. The van der Waals surface area contributed by atoms with E-state index in [2.05, 4.69) is 73.8 Å². The molecule has 7 heteroatoms. The van der Waals surface area contributed by atoms with Crippen LogP contribution in [0.2, 0.25) is 0 Å². The summed E-state index contributed by atoms with van der Waals surface area (Å²) < 4.78 is 8.41. The van der Waals surface area contributed by atoms with E-state index in [1.807, 2.05) is 91.1 Å². The smallest absolute Gasteiger partial charge is 0.179 e. The highest BCUT2D eigenvalue weighted by atomic mass is 32.1. The normalized spacial score (nSPS) is 11.6. The largest absolute Gasteiger partial charge is 0.452 e. The van der Waals surface area contributed by atoms with Crippen molar-refractivity contribution in [3.63, 3.8) is 0 Å². The van der Waals surface area contributed by atoms with E-state index in [4.69, 9.17) is 29.8 Å². The molecule has 9 rings (SSSR count). The Morgan fingerprint density at radius 3 is 2.00 bits per heavy atom. The van der Waals surface area contributed by atoms with Gasteiger partial charge >= 0.3 is 0 Å². The quantitative estimate of drug-likeness (QED) is 0.112. The molecular formula is C49H33N5OS. The number of fused-ring (bicyclic) bond motifs is 4. The van der Waals surface area contributed by atoms with Gasteiger partial charge in [0.1, 0.15) is 17.0 Å². The average molecular weight is 740 g/mol. The molecule has 0 aliphatic rings. The summed E-state index contributed by atoms with van der Waals surface area (Å²) in [6.07, 6.45) is 6.95. The zero-order chi connectivity index (χ0) is 38.0. The minimum Gasteiger partial charge on any atom is -0.452 e. The van der Waals surface area contributed by atoms with Crippen LogP contribution in [0.5, 0.6) is 0 Å². The molecule has 6 aromatic carbocycles. The first-order valence-corrected chi connectivity index (χ1v) is 18.9. The highest BCUT2D eigenvalue weighted by molar-refractivity contribution is 7.26. The standard InChI is InChI=1S/C49H33N5OS/c1-3-4-14-31(2)43(50)45-44(39-19-11-12-22-41(39)55-45)51-30-32-23-25-33(26-24-32)36-27-28-37-38-20-13-21-40(46(38)56-42(37)29-36)49-53-47(34-15-7-5-8-16-34)52-48(54-49)35-17-9-6-10-18-35/h3-30,50H,1-2H2/b14-4-,50-43?,51-30?. The second-order valence-corrected chi connectivity index (χ2v) is 14.2. The Morgan fingerprint density at radius 1 is 0.643 bits per heavy atom. The molecule has 3 aromatic heterocycles. The van der Waals surface area contributed by atoms with E-state index in [1.165, 1.54) is 15.5 Å². The maximum absolute atomic E-state index is 8.76. The van der Waals surface area contributed by atoms with Crippen molar-refractivity contribution >= 4 is 60.1 Å². The van der Waals surface area contributed by atoms with Crippen molar-refractivity contribution in [3.05, 3.63) is 194 Å².